The molecule has 7 nitrogen and oxygen atoms in total. The third-order valence-electron chi connectivity index (χ3n) is 6.55. The molecule has 2 aliphatic rings. The lowest BCUT2D eigenvalue weighted by Gasteiger charge is -2.37. The average molecular weight is 422 g/mol. The van der Waals surface area contributed by atoms with Gasteiger partial charge in [0.25, 0.3) is 10.1 Å². The average Bonchev–Trinajstić information content (AvgIpc) is 3.22. The van der Waals surface area contributed by atoms with Crippen LogP contribution in [0.15, 0.2) is 34.7 Å². The summed E-state index contributed by atoms with van der Waals surface area (Å²) >= 11 is 1.40. The molecule has 1 aromatic carbocycles. The fourth-order valence-electron chi connectivity index (χ4n) is 4.81. The van der Waals surface area contributed by atoms with Gasteiger partial charge in [-0.2, -0.15) is 13.5 Å². The molecule has 0 aliphatic heterocycles. The van der Waals surface area contributed by atoms with Crippen molar-refractivity contribution in [1.82, 2.24) is 4.98 Å². The number of aromatic hydroxyl groups is 1. The Labute approximate surface area is 168 Å². The molecule has 2 atom stereocenters. The third-order valence-corrected chi connectivity index (χ3v) is 8.15. The molecule has 0 radical (unpaired) electrons. The Morgan fingerprint density at radius 2 is 2.04 bits per heavy atom. The second-order valence-electron chi connectivity index (χ2n) is 8.22. The summed E-state index contributed by atoms with van der Waals surface area (Å²) < 4.78 is 33.0. The predicted molar refractivity (Wildman–Crippen MR) is 110 cm³/mol. The van der Waals surface area contributed by atoms with Gasteiger partial charge in [0.2, 0.25) is 5.13 Å². The van der Waals surface area contributed by atoms with Crippen LogP contribution in [-0.2, 0) is 10.1 Å². The molecule has 0 amide bonds. The number of hydrazone groups is 1. The topological polar surface area (TPSA) is 112 Å². The second-order valence-corrected chi connectivity index (χ2v) is 10.5. The van der Waals surface area contributed by atoms with Crippen LogP contribution >= 0.6 is 11.3 Å². The molecule has 4 rings (SSSR count). The molecule has 150 valence electrons. The summed E-state index contributed by atoms with van der Waals surface area (Å²) in [6.45, 7) is 4.15. The molecule has 2 unspecified atom stereocenters. The Kier molecular flexibility index (Phi) is 4.52. The maximum atomic E-state index is 11.7. The van der Waals surface area contributed by atoms with Crippen LogP contribution in [0.4, 0.5) is 5.13 Å². The van der Waals surface area contributed by atoms with Gasteiger partial charge in [0.1, 0.15) is 5.75 Å². The summed E-state index contributed by atoms with van der Waals surface area (Å²) in [7, 11) is -4.12. The smallest absolute Gasteiger partial charge is 0.265 e. The minimum Gasteiger partial charge on any atom is -0.508 e. The fourth-order valence-corrected chi connectivity index (χ4v) is 6.77. The number of phenols is 1. The van der Waals surface area contributed by atoms with Gasteiger partial charge >= 0.3 is 0 Å². The highest BCUT2D eigenvalue weighted by molar-refractivity contribution is 7.85. The van der Waals surface area contributed by atoms with Crippen molar-refractivity contribution >= 4 is 32.3 Å². The first-order valence-electron chi connectivity index (χ1n) is 9.14. The number of nitrogens with one attached hydrogen (secondary N) is 1. The lowest BCUT2D eigenvalue weighted by molar-refractivity contribution is 0.193. The SMILES string of the molecule is CC1(C)C2CCC1(CS(=O)(=O)O)C(=NNc1nc(-c3ccc(O)cc3)cs1)C2. The molecule has 1 heterocycles. The van der Waals surface area contributed by atoms with E-state index in [2.05, 4.69) is 29.4 Å². The standard InChI is InChI=1S/C19H23N3O4S2/c1-18(2)13-7-8-19(18,11-28(24,25)26)16(9-13)21-22-17-20-15(10-27-17)12-3-5-14(23)6-4-12/h3-6,10,13,23H,7-9,11H2,1-2H3,(H,20,22)(H,24,25,26). The summed E-state index contributed by atoms with van der Waals surface area (Å²) in [5.74, 6) is 0.270. The van der Waals surface area contributed by atoms with E-state index in [-0.39, 0.29) is 16.9 Å². The Morgan fingerprint density at radius 1 is 1.32 bits per heavy atom. The third kappa shape index (κ3) is 3.21. The Morgan fingerprint density at radius 3 is 2.68 bits per heavy atom. The summed E-state index contributed by atoms with van der Waals surface area (Å²) in [5.41, 5.74) is 4.57. The second kappa shape index (κ2) is 6.53. The van der Waals surface area contributed by atoms with Gasteiger partial charge in [-0.15, -0.1) is 11.3 Å². The van der Waals surface area contributed by atoms with E-state index in [1.807, 2.05) is 5.38 Å². The molecule has 0 saturated heterocycles. The number of anilines is 1. The van der Waals surface area contributed by atoms with Crippen molar-refractivity contribution in [2.75, 3.05) is 11.2 Å². The van der Waals surface area contributed by atoms with E-state index in [0.717, 1.165) is 29.8 Å². The van der Waals surface area contributed by atoms with Crippen molar-refractivity contribution in [3.63, 3.8) is 0 Å². The minimum absolute atomic E-state index is 0.201. The summed E-state index contributed by atoms with van der Waals surface area (Å²) in [4.78, 5) is 4.52. The van der Waals surface area contributed by atoms with Crippen molar-refractivity contribution in [3.05, 3.63) is 29.6 Å². The molecule has 2 saturated carbocycles. The Hall–Kier alpha value is -1.97. The number of hydrogen-bond acceptors (Lipinski definition) is 7. The van der Waals surface area contributed by atoms with Crippen LogP contribution in [0.1, 0.15) is 33.1 Å². The molecular formula is C19H23N3O4S2. The molecule has 2 bridgehead atoms. The van der Waals surface area contributed by atoms with Crippen LogP contribution in [0.5, 0.6) is 5.75 Å². The van der Waals surface area contributed by atoms with Gasteiger partial charge in [-0.25, -0.2) is 4.98 Å². The zero-order valence-corrected chi connectivity index (χ0v) is 17.3. The van der Waals surface area contributed by atoms with E-state index in [9.17, 15) is 18.1 Å². The summed E-state index contributed by atoms with van der Waals surface area (Å²) in [5, 5.41) is 16.5. The van der Waals surface area contributed by atoms with Crippen LogP contribution in [0.25, 0.3) is 11.3 Å². The van der Waals surface area contributed by atoms with Crippen molar-refractivity contribution in [2.45, 2.75) is 33.1 Å². The highest BCUT2D eigenvalue weighted by atomic mass is 32.2. The number of aromatic nitrogens is 1. The molecule has 3 N–H and O–H groups in total. The number of rotatable bonds is 5. The lowest BCUT2D eigenvalue weighted by Crippen LogP contribution is -2.42. The van der Waals surface area contributed by atoms with E-state index < -0.39 is 15.5 Å². The normalized spacial score (nSPS) is 27.4. The van der Waals surface area contributed by atoms with Crippen molar-refractivity contribution in [2.24, 2.45) is 21.8 Å². The highest BCUT2D eigenvalue weighted by Crippen LogP contribution is 2.64. The van der Waals surface area contributed by atoms with E-state index in [0.29, 0.717) is 17.5 Å². The van der Waals surface area contributed by atoms with E-state index in [1.54, 1.807) is 24.3 Å². The first-order chi connectivity index (χ1) is 13.1. The number of benzene rings is 1. The van der Waals surface area contributed by atoms with Crippen LogP contribution in [-0.4, -0.2) is 34.5 Å². The maximum absolute atomic E-state index is 11.7. The largest absolute Gasteiger partial charge is 0.508 e. The van der Waals surface area contributed by atoms with E-state index in [4.69, 9.17) is 0 Å². The molecule has 2 aliphatic carbocycles. The summed E-state index contributed by atoms with van der Waals surface area (Å²) in [6, 6.07) is 6.80. The van der Waals surface area contributed by atoms with Gasteiger partial charge in [-0.1, -0.05) is 13.8 Å². The quantitative estimate of drug-likeness (QED) is 0.497. The van der Waals surface area contributed by atoms with Crippen LogP contribution in [0.2, 0.25) is 0 Å². The fraction of sp³-hybridized carbons (Fsp3) is 0.474. The first kappa shape index (κ1) is 19.4. The van der Waals surface area contributed by atoms with Gasteiger partial charge in [0, 0.05) is 22.1 Å². The number of fused-ring (bicyclic) bond motifs is 2. The number of hydrogen-bond donors (Lipinski definition) is 3. The van der Waals surface area contributed by atoms with Crippen molar-refractivity contribution < 1.29 is 18.1 Å². The zero-order chi connectivity index (χ0) is 20.2. The predicted octanol–water partition coefficient (Wildman–Crippen LogP) is 4.00. The van der Waals surface area contributed by atoms with Gasteiger partial charge in [-0.05, 0) is 54.9 Å². The number of phenolic OH excluding ortho intramolecular Hbond substituents is 1. The summed E-state index contributed by atoms with van der Waals surface area (Å²) in [6.07, 6.45) is 2.39. The van der Waals surface area contributed by atoms with E-state index >= 15 is 0 Å². The van der Waals surface area contributed by atoms with Crippen LogP contribution in [0, 0.1) is 16.7 Å². The minimum atomic E-state index is -4.12. The van der Waals surface area contributed by atoms with Crippen molar-refractivity contribution in [1.29, 1.82) is 0 Å². The molecule has 0 spiro atoms. The van der Waals surface area contributed by atoms with Crippen LogP contribution < -0.4 is 5.43 Å². The molecule has 9 heteroatoms. The molecule has 2 aromatic rings. The molecular weight excluding hydrogens is 398 g/mol. The maximum Gasteiger partial charge on any atom is 0.265 e. The lowest BCUT2D eigenvalue weighted by atomic mass is 9.70. The van der Waals surface area contributed by atoms with Crippen LogP contribution in [0.3, 0.4) is 0 Å². The Bertz CT molecular complexity index is 1030. The van der Waals surface area contributed by atoms with Gasteiger partial charge in [0.05, 0.1) is 11.4 Å². The zero-order valence-electron chi connectivity index (χ0n) is 15.7. The van der Waals surface area contributed by atoms with Gasteiger partial charge in [-0.3, -0.25) is 9.98 Å². The monoisotopic (exact) mass is 421 g/mol. The van der Waals surface area contributed by atoms with Gasteiger partial charge < -0.3 is 5.11 Å². The molecule has 28 heavy (non-hydrogen) atoms. The van der Waals surface area contributed by atoms with Gasteiger partial charge in [0.15, 0.2) is 0 Å². The highest BCUT2D eigenvalue weighted by Gasteiger charge is 2.64. The number of thiazole rings is 1. The Balaban J connectivity index is 1.59. The van der Waals surface area contributed by atoms with E-state index in [1.165, 1.54) is 11.3 Å². The molecule has 2 fully saturated rings. The van der Waals surface area contributed by atoms with Crippen molar-refractivity contribution in [3.8, 4) is 17.0 Å². The first-order valence-corrected chi connectivity index (χ1v) is 11.6. The molecule has 1 aromatic heterocycles. The number of nitrogens with zero attached hydrogens (tertiary/aromatic N) is 2.